The summed E-state index contributed by atoms with van der Waals surface area (Å²) in [5, 5.41) is 0.254. The van der Waals surface area contributed by atoms with Crippen molar-refractivity contribution in [3.8, 4) is 0 Å². The molecule has 0 aliphatic heterocycles. The molecule has 2 rings (SSSR count). The summed E-state index contributed by atoms with van der Waals surface area (Å²) in [6.07, 6.45) is 0.932. The Hall–Kier alpha value is -2.14. The van der Waals surface area contributed by atoms with Gasteiger partial charge in [0.25, 0.3) is 0 Å². The first-order chi connectivity index (χ1) is 9.87. The van der Waals surface area contributed by atoms with Crippen LogP contribution in [0.2, 0.25) is 5.15 Å². The van der Waals surface area contributed by atoms with Crippen molar-refractivity contribution in [1.82, 2.24) is 9.97 Å². The van der Waals surface area contributed by atoms with E-state index in [1.54, 1.807) is 39.0 Å². The molecule has 0 bridgehead atoms. The molecular formula is C15H16ClN3O2. The van der Waals surface area contributed by atoms with Crippen molar-refractivity contribution >= 4 is 29.3 Å². The van der Waals surface area contributed by atoms with Gasteiger partial charge in [-0.1, -0.05) is 29.8 Å². The first-order valence-electron chi connectivity index (χ1n) is 6.43. The number of para-hydroxylation sites is 1. The molecule has 0 aliphatic carbocycles. The molecule has 0 atom stereocenters. The van der Waals surface area contributed by atoms with Crippen LogP contribution in [-0.2, 0) is 4.74 Å². The molecule has 0 aliphatic rings. The molecule has 110 valence electrons. The summed E-state index contributed by atoms with van der Waals surface area (Å²) in [6, 6.07) is 10.6. The van der Waals surface area contributed by atoms with Crippen LogP contribution in [-0.4, -0.2) is 21.7 Å². The Bertz CT molecular complexity index is 626. The van der Waals surface area contributed by atoms with E-state index in [2.05, 4.69) is 9.97 Å². The Balaban J connectivity index is 2.43. The number of carbonyl (C=O) groups is 1. The molecule has 0 spiro atoms. The molecule has 0 N–H and O–H groups in total. The Morgan fingerprint density at radius 3 is 2.43 bits per heavy atom. The predicted octanol–water partition coefficient (Wildman–Crippen LogP) is 4.20. The number of halogens is 1. The summed E-state index contributed by atoms with van der Waals surface area (Å²) in [5.74, 6) is 0.169. The molecule has 0 unspecified atom stereocenters. The quantitative estimate of drug-likeness (QED) is 0.780. The van der Waals surface area contributed by atoms with Crippen molar-refractivity contribution in [1.29, 1.82) is 0 Å². The van der Waals surface area contributed by atoms with E-state index in [9.17, 15) is 4.79 Å². The fourth-order valence-electron chi connectivity index (χ4n) is 1.62. The minimum Gasteiger partial charge on any atom is -0.443 e. The average molecular weight is 306 g/mol. The lowest BCUT2D eigenvalue weighted by atomic mass is 10.2. The lowest BCUT2D eigenvalue weighted by molar-refractivity contribution is 0.0597. The third kappa shape index (κ3) is 4.16. The van der Waals surface area contributed by atoms with Crippen LogP contribution in [0, 0.1) is 0 Å². The molecule has 21 heavy (non-hydrogen) atoms. The molecule has 1 aromatic carbocycles. The van der Waals surface area contributed by atoms with Crippen LogP contribution >= 0.6 is 11.6 Å². The number of benzene rings is 1. The summed E-state index contributed by atoms with van der Waals surface area (Å²) >= 11 is 5.88. The third-order valence-corrected chi connectivity index (χ3v) is 2.61. The van der Waals surface area contributed by atoms with Gasteiger partial charge in [0.05, 0.1) is 5.69 Å². The van der Waals surface area contributed by atoms with E-state index in [1.807, 2.05) is 18.2 Å². The van der Waals surface area contributed by atoms with Crippen molar-refractivity contribution < 1.29 is 9.53 Å². The van der Waals surface area contributed by atoms with Crippen LogP contribution in [0.5, 0.6) is 0 Å². The van der Waals surface area contributed by atoms with Crippen LogP contribution < -0.4 is 4.90 Å². The molecule has 2 aromatic rings. The molecule has 0 saturated heterocycles. The van der Waals surface area contributed by atoms with E-state index in [0.29, 0.717) is 5.69 Å². The van der Waals surface area contributed by atoms with Gasteiger partial charge < -0.3 is 4.74 Å². The van der Waals surface area contributed by atoms with E-state index in [4.69, 9.17) is 16.3 Å². The third-order valence-electron chi connectivity index (χ3n) is 2.40. The zero-order valence-corrected chi connectivity index (χ0v) is 12.8. The molecular weight excluding hydrogens is 290 g/mol. The van der Waals surface area contributed by atoms with Crippen LogP contribution in [0.15, 0.2) is 42.6 Å². The minimum atomic E-state index is -0.622. The van der Waals surface area contributed by atoms with Crippen molar-refractivity contribution in [2.75, 3.05) is 4.90 Å². The van der Waals surface area contributed by atoms with E-state index in [1.165, 1.54) is 11.1 Å². The van der Waals surface area contributed by atoms with Gasteiger partial charge in [-0.05, 0) is 39.0 Å². The number of nitrogens with zero attached hydrogens (tertiary/aromatic N) is 3. The van der Waals surface area contributed by atoms with Gasteiger partial charge in [-0.25, -0.2) is 19.7 Å². The fraction of sp³-hybridized carbons (Fsp3) is 0.267. The van der Waals surface area contributed by atoms with Gasteiger partial charge in [0, 0.05) is 6.20 Å². The maximum Gasteiger partial charge on any atom is 0.421 e. The highest BCUT2D eigenvalue weighted by molar-refractivity contribution is 6.29. The number of amides is 1. The summed E-state index contributed by atoms with van der Waals surface area (Å²) in [7, 11) is 0. The standard InChI is InChI=1S/C15H16ClN3O2/c1-15(2,3)21-14(20)19(11-7-5-4-6-8-11)13-17-10-9-12(16)18-13/h4-10H,1-3H3. The number of hydrogen-bond acceptors (Lipinski definition) is 4. The number of hydrogen-bond donors (Lipinski definition) is 0. The summed E-state index contributed by atoms with van der Waals surface area (Å²) in [5.41, 5.74) is -0.0168. The zero-order valence-electron chi connectivity index (χ0n) is 12.1. The Labute approximate surface area is 128 Å². The number of carbonyl (C=O) groups excluding carboxylic acids is 1. The first-order valence-corrected chi connectivity index (χ1v) is 6.81. The normalized spacial score (nSPS) is 11.0. The summed E-state index contributed by atoms with van der Waals surface area (Å²) < 4.78 is 5.41. The largest absolute Gasteiger partial charge is 0.443 e. The van der Waals surface area contributed by atoms with Gasteiger partial charge in [0.1, 0.15) is 10.8 Å². The topological polar surface area (TPSA) is 55.3 Å². The van der Waals surface area contributed by atoms with Gasteiger partial charge in [-0.2, -0.15) is 0 Å². The molecule has 1 aromatic heterocycles. The highest BCUT2D eigenvalue weighted by atomic mass is 35.5. The zero-order chi connectivity index (χ0) is 15.5. The molecule has 0 fully saturated rings. The molecule has 6 heteroatoms. The Morgan fingerprint density at radius 1 is 1.19 bits per heavy atom. The molecule has 5 nitrogen and oxygen atoms in total. The van der Waals surface area contributed by atoms with Gasteiger partial charge >= 0.3 is 6.09 Å². The molecule has 1 heterocycles. The molecule has 1 amide bonds. The van der Waals surface area contributed by atoms with E-state index in [-0.39, 0.29) is 11.1 Å². The maximum atomic E-state index is 12.5. The molecule has 0 radical (unpaired) electrons. The second-order valence-corrected chi connectivity index (χ2v) is 5.72. The number of rotatable bonds is 2. The van der Waals surface area contributed by atoms with Gasteiger partial charge in [-0.15, -0.1) is 0 Å². The SMILES string of the molecule is CC(C)(C)OC(=O)N(c1ccccc1)c1nccc(Cl)n1. The van der Waals surface area contributed by atoms with Gasteiger partial charge in [0.15, 0.2) is 0 Å². The lowest BCUT2D eigenvalue weighted by Crippen LogP contribution is -2.34. The van der Waals surface area contributed by atoms with E-state index >= 15 is 0 Å². The monoisotopic (exact) mass is 305 g/mol. The van der Waals surface area contributed by atoms with Crippen LogP contribution in [0.1, 0.15) is 20.8 Å². The smallest absolute Gasteiger partial charge is 0.421 e. The number of anilines is 2. The Kier molecular flexibility index (Phi) is 4.43. The van der Waals surface area contributed by atoms with E-state index < -0.39 is 11.7 Å². The van der Waals surface area contributed by atoms with Crippen LogP contribution in [0.4, 0.5) is 16.4 Å². The van der Waals surface area contributed by atoms with Crippen molar-refractivity contribution in [2.24, 2.45) is 0 Å². The molecule has 0 saturated carbocycles. The summed E-state index contributed by atoms with van der Waals surface area (Å²) in [4.78, 5) is 21.9. The highest BCUT2D eigenvalue weighted by Crippen LogP contribution is 2.25. The van der Waals surface area contributed by atoms with Crippen LogP contribution in [0.25, 0.3) is 0 Å². The second-order valence-electron chi connectivity index (χ2n) is 5.33. The summed E-state index contributed by atoms with van der Waals surface area (Å²) in [6.45, 7) is 5.40. The van der Waals surface area contributed by atoms with E-state index in [0.717, 1.165) is 0 Å². The average Bonchev–Trinajstić information content (AvgIpc) is 2.38. The fourth-order valence-corrected chi connectivity index (χ4v) is 1.75. The highest BCUT2D eigenvalue weighted by Gasteiger charge is 2.26. The van der Waals surface area contributed by atoms with Gasteiger partial charge in [-0.3, -0.25) is 0 Å². The number of ether oxygens (including phenoxy) is 1. The Morgan fingerprint density at radius 2 is 1.86 bits per heavy atom. The number of aromatic nitrogens is 2. The predicted molar refractivity (Wildman–Crippen MR) is 81.9 cm³/mol. The van der Waals surface area contributed by atoms with Gasteiger partial charge in [0.2, 0.25) is 5.95 Å². The van der Waals surface area contributed by atoms with Crippen molar-refractivity contribution in [2.45, 2.75) is 26.4 Å². The first kappa shape index (κ1) is 15.3. The van der Waals surface area contributed by atoms with Crippen molar-refractivity contribution in [3.05, 3.63) is 47.7 Å². The minimum absolute atomic E-state index is 0.169. The second kappa shape index (κ2) is 6.10. The van der Waals surface area contributed by atoms with Crippen molar-refractivity contribution in [3.63, 3.8) is 0 Å². The lowest BCUT2D eigenvalue weighted by Gasteiger charge is -2.26. The maximum absolute atomic E-state index is 12.5. The van der Waals surface area contributed by atoms with Crippen LogP contribution in [0.3, 0.4) is 0 Å².